The number of benzene rings is 3. The third-order valence-corrected chi connectivity index (χ3v) is 4.58. The molecule has 0 aliphatic rings. The van der Waals surface area contributed by atoms with E-state index in [2.05, 4.69) is 0 Å². The Morgan fingerprint density at radius 3 is 1.96 bits per heavy atom. The molecule has 3 aromatic carbocycles. The highest BCUT2D eigenvalue weighted by Gasteiger charge is 2.37. The van der Waals surface area contributed by atoms with Crippen molar-refractivity contribution in [3.63, 3.8) is 0 Å². The molecule has 5 heteroatoms. The van der Waals surface area contributed by atoms with Crippen molar-refractivity contribution in [2.24, 2.45) is 0 Å². The minimum absolute atomic E-state index is 0.0217. The number of alkyl halides is 3. The third kappa shape index (κ3) is 4.09. The number of likely N-dealkylation sites (N-methyl/N-ethyl adjacent to an activating group) is 1. The Bertz CT molecular complexity index is 979. The first kappa shape index (κ1) is 19.7. The first-order chi connectivity index (χ1) is 13.3. The van der Waals surface area contributed by atoms with Gasteiger partial charge in [-0.1, -0.05) is 72.8 Å². The standard InChI is InChI=1S/C23H20F3NO/c1-27(2)21(28)15-17-11-8-14-20(22(17)23(24,25)26)19-13-7-6-12-18(19)16-9-4-3-5-10-16/h3-14H,15H2,1-2H3. The van der Waals surface area contributed by atoms with Gasteiger partial charge in [-0.25, -0.2) is 0 Å². The molecule has 3 aromatic rings. The summed E-state index contributed by atoms with van der Waals surface area (Å²) in [6.07, 6.45) is -4.88. The maximum Gasteiger partial charge on any atom is 0.417 e. The lowest BCUT2D eigenvalue weighted by atomic mass is 9.88. The molecule has 0 aliphatic heterocycles. The summed E-state index contributed by atoms with van der Waals surface area (Å²) in [6.45, 7) is 0. The Labute approximate surface area is 162 Å². The van der Waals surface area contributed by atoms with E-state index in [1.54, 1.807) is 24.3 Å². The number of hydrogen-bond donors (Lipinski definition) is 0. The Morgan fingerprint density at radius 1 is 0.786 bits per heavy atom. The highest BCUT2D eigenvalue weighted by molar-refractivity contribution is 5.86. The number of halogens is 3. The number of carbonyl (C=O) groups is 1. The summed E-state index contributed by atoms with van der Waals surface area (Å²) in [5.74, 6) is -0.376. The molecule has 0 bridgehead atoms. The van der Waals surface area contributed by atoms with Crippen molar-refractivity contribution in [2.45, 2.75) is 12.6 Å². The molecule has 3 rings (SSSR count). The molecule has 0 saturated carbocycles. The van der Waals surface area contributed by atoms with E-state index in [9.17, 15) is 18.0 Å². The zero-order valence-corrected chi connectivity index (χ0v) is 15.6. The van der Waals surface area contributed by atoms with Crippen LogP contribution in [0.1, 0.15) is 11.1 Å². The molecule has 28 heavy (non-hydrogen) atoms. The second-order valence-electron chi connectivity index (χ2n) is 6.71. The molecular weight excluding hydrogens is 363 g/mol. The summed E-state index contributed by atoms with van der Waals surface area (Å²) in [6, 6.07) is 20.7. The molecule has 0 heterocycles. The molecule has 0 saturated heterocycles. The number of amides is 1. The van der Waals surface area contributed by atoms with Gasteiger partial charge < -0.3 is 4.90 Å². The highest BCUT2D eigenvalue weighted by Crippen LogP contribution is 2.42. The van der Waals surface area contributed by atoms with Crippen molar-refractivity contribution in [3.05, 3.63) is 83.9 Å². The predicted octanol–water partition coefficient (Wildman–Crippen LogP) is 5.67. The Hall–Kier alpha value is -3.08. The highest BCUT2D eigenvalue weighted by atomic mass is 19.4. The molecule has 0 N–H and O–H groups in total. The van der Waals surface area contributed by atoms with Gasteiger partial charge in [-0.05, 0) is 27.8 Å². The van der Waals surface area contributed by atoms with Gasteiger partial charge in [0.2, 0.25) is 5.91 Å². The lowest BCUT2D eigenvalue weighted by Crippen LogP contribution is -2.25. The maximum atomic E-state index is 14.1. The number of nitrogens with zero attached hydrogens (tertiary/aromatic N) is 1. The lowest BCUT2D eigenvalue weighted by Gasteiger charge is -2.20. The molecule has 0 aliphatic carbocycles. The van der Waals surface area contributed by atoms with Gasteiger partial charge >= 0.3 is 6.18 Å². The number of hydrogen-bond acceptors (Lipinski definition) is 1. The van der Waals surface area contributed by atoms with Crippen LogP contribution in [0.5, 0.6) is 0 Å². The van der Waals surface area contributed by atoms with Crippen LogP contribution >= 0.6 is 0 Å². The summed E-state index contributed by atoms with van der Waals surface area (Å²) < 4.78 is 42.2. The van der Waals surface area contributed by atoms with E-state index in [0.717, 1.165) is 5.56 Å². The largest absolute Gasteiger partial charge is 0.417 e. The topological polar surface area (TPSA) is 20.3 Å². The number of carbonyl (C=O) groups excluding carboxylic acids is 1. The van der Waals surface area contributed by atoms with E-state index in [4.69, 9.17) is 0 Å². The first-order valence-corrected chi connectivity index (χ1v) is 8.83. The fourth-order valence-corrected chi connectivity index (χ4v) is 3.22. The predicted molar refractivity (Wildman–Crippen MR) is 105 cm³/mol. The molecule has 2 nitrogen and oxygen atoms in total. The van der Waals surface area contributed by atoms with Crippen molar-refractivity contribution in [2.75, 3.05) is 14.1 Å². The molecule has 0 unspecified atom stereocenters. The van der Waals surface area contributed by atoms with E-state index in [0.29, 0.717) is 11.1 Å². The monoisotopic (exact) mass is 383 g/mol. The molecule has 0 fully saturated rings. The van der Waals surface area contributed by atoms with Crippen LogP contribution in [0.3, 0.4) is 0 Å². The van der Waals surface area contributed by atoms with Gasteiger partial charge in [0.1, 0.15) is 0 Å². The molecule has 0 atom stereocenters. The minimum atomic E-state index is -4.58. The lowest BCUT2D eigenvalue weighted by molar-refractivity contribution is -0.138. The second-order valence-corrected chi connectivity index (χ2v) is 6.71. The molecule has 144 valence electrons. The Morgan fingerprint density at radius 2 is 1.36 bits per heavy atom. The van der Waals surface area contributed by atoms with Crippen LogP contribution in [0.4, 0.5) is 13.2 Å². The quantitative estimate of drug-likeness (QED) is 0.568. The van der Waals surface area contributed by atoms with Crippen LogP contribution in [0.25, 0.3) is 22.3 Å². The first-order valence-electron chi connectivity index (χ1n) is 8.83. The maximum absolute atomic E-state index is 14.1. The average Bonchev–Trinajstić information content (AvgIpc) is 2.67. The van der Waals surface area contributed by atoms with E-state index in [-0.39, 0.29) is 23.5 Å². The van der Waals surface area contributed by atoms with Crippen molar-refractivity contribution < 1.29 is 18.0 Å². The van der Waals surface area contributed by atoms with Crippen LogP contribution in [-0.2, 0) is 17.4 Å². The smallest absolute Gasteiger partial charge is 0.349 e. The Kier molecular flexibility index (Phi) is 5.54. The van der Waals surface area contributed by atoms with Crippen molar-refractivity contribution in [1.29, 1.82) is 0 Å². The van der Waals surface area contributed by atoms with Crippen LogP contribution < -0.4 is 0 Å². The summed E-state index contributed by atoms with van der Waals surface area (Å²) in [5, 5.41) is 0. The third-order valence-electron chi connectivity index (χ3n) is 4.58. The zero-order chi connectivity index (χ0) is 20.3. The zero-order valence-electron chi connectivity index (χ0n) is 15.6. The molecular formula is C23H20F3NO. The van der Waals surface area contributed by atoms with Crippen LogP contribution in [0, 0.1) is 0 Å². The summed E-state index contributed by atoms with van der Waals surface area (Å²) >= 11 is 0. The van der Waals surface area contributed by atoms with E-state index < -0.39 is 11.7 Å². The van der Waals surface area contributed by atoms with Crippen molar-refractivity contribution in [3.8, 4) is 22.3 Å². The van der Waals surface area contributed by atoms with Gasteiger partial charge in [0.25, 0.3) is 0 Å². The van der Waals surface area contributed by atoms with Gasteiger partial charge in [-0.3, -0.25) is 4.79 Å². The number of rotatable bonds is 4. The normalized spacial score (nSPS) is 11.3. The van der Waals surface area contributed by atoms with Crippen molar-refractivity contribution in [1.82, 2.24) is 4.90 Å². The minimum Gasteiger partial charge on any atom is -0.349 e. The molecule has 0 spiro atoms. The van der Waals surface area contributed by atoms with Gasteiger partial charge in [0, 0.05) is 14.1 Å². The molecule has 0 radical (unpaired) electrons. The van der Waals surface area contributed by atoms with Crippen LogP contribution in [0.2, 0.25) is 0 Å². The van der Waals surface area contributed by atoms with E-state index in [1.165, 1.54) is 31.1 Å². The molecule has 0 aromatic heterocycles. The SMILES string of the molecule is CN(C)C(=O)Cc1cccc(-c2ccccc2-c2ccccc2)c1C(F)(F)F. The van der Waals surface area contributed by atoms with Crippen LogP contribution in [-0.4, -0.2) is 24.9 Å². The van der Waals surface area contributed by atoms with Gasteiger partial charge in [0.15, 0.2) is 0 Å². The van der Waals surface area contributed by atoms with Crippen molar-refractivity contribution >= 4 is 5.91 Å². The van der Waals surface area contributed by atoms with Gasteiger partial charge in [-0.15, -0.1) is 0 Å². The van der Waals surface area contributed by atoms with Gasteiger partial charge in [0.05, 0.1) is 12.0 Å². The summed E-state index contributed by atoms with van der Waals surface area (Å²) in [7, 11) is 3.06. The van der Waals surface area contributed by atoms with E-state index >= 15 is 0 Å². The average molecular weight is 383 g/mol. The van der Waals surface area contributed by atoms with Crippen LogP contribution in [0.15, 0.2) is 72.8 Å². The second kappa shape index (κ2) is 7.89. The fourth-order valence-electron chi connectivity index (χ4n) is 3.22. The summed E-state index contributed by atoms with van der Waals surface area (Å²) in [4.78, 5) is 13.4. The summed E-state index contributed by atoms with van der Waals surface area (Å²) in [5.41, 5.74) is 1.34. The van der Waals surface area contributed by atoms with E-state index in [1.807, 2.05) is 36.4 Å². The van der Waals surface area contributed by atoms with Gasteiger partial charge in [-0.2, -0.15) is 13.2 Å². The Balaban J connectivity index is 2.23. The fraction of sp³-hybridized carbons (Fsp3) is 0.174. The molecule has 1 amide bonds.